The minimum Gasteiger partial charge on any atom is -0.441 e. The molecule has 0 unspecified atom stereocenters. The molecule has 1 fully saturated rings. The van der Waals surface area contributed by atoms with Crippen molar-refractivity contribution in [3.8, 4) is 10.4 Å². The number of aromatic nitrogens is 1. The van der Waals surface area contributed by atoms with Crippen molar-refractivity contribution < 1.29 is 14.3 Å². The van der Waals surface area contributed by atoms with Crippen molar-refractivity contribution in [3.05, 3.63) is 71.4 Å². The van der Waals surface area contributed by atoms with E-state index in [9.17, 15) is 9.59 Å². The Bertz CT molecular complexity index is 1070. The lowest BCUT2D eigenvalue weighted by molar-refractivity contribution is -0.108. The number of carbonyl (C=O) groups is 2. The highest BCUT2D eigenvalue weighted by Gasteiger charge is 2.23. The monoisotopic (exact) mass is 462 g/mol. The molecule has 1 aromatic heterocycles. The first-order valence-corrected chi connectivity index (χ1v) is 12.3. The standard InChI is InChI=1S/C27H30N2O3S/c1-18-25(28-27(31)32-19(2)21-6-4-3-5-7-21)26(33-29-18)24-14-12-23(13-15-24)22-10-8-20(9-11-22)16-17-30/h3-7,12-15,17,19-20,22H,8-11,16H2,1-2H3,(H,28,31)/t19-,20?,22?/m1/s1. The van der Waals surface area contributed by atoms with Crippen LogP contribution in [0.25, 0.3) is 10.4 Å². The van der Waals surface area contributed by atoms with Gasteiger partial charge in [-0.1, -0.05) is 54.6 Å². The van der Waals surface area contributed by atoms with E-state index in [1.54, 1.807) is 0 Å². The Labute approximate surface area is 199 Å². The topological polar surface area (TPSA) is 68.3 Å². The van der Waals surface area contributed by atoms with Crippen LogP contribution in [-0.4, -0.2) is 16.8 Å². The molecule has 4 rings (SSSR count). The van der Waals surface area contributed by atoms with Crippen molar-refractivity contribution in [1.82, 2.24) is 4.37 Å². The molecule has 1 saturated carbocycles. The second-order valence-electron chi connectivity index (χ2n) is 8.80. The molecule has 1 atom stereocenters. The fourth-order valence-corrected chi connectivity index (χ4v) is 5.42. The van der Waals surface area contributed by atoms with E-state index in [2.05, 4.69) is 34.0 Å². The van der Waals surface area contributed by atoms with Crippen LogP contribution >= 0.6 is 11.5 Å². The van der Waals surface area contributed by atoms with Gasteiger partial charge in [-0.15, -0.1) is 0 Å². The van der Waals surface area contributed by atoms with Gasteiger partial charge in [0.25, 0.3) is 0 Å². The van der Waals surface area contributed by atoms with Crippen LogP contribution in [0.15, 0.2) is 54.6 Å². The van der Waals surface area contributed by atoms with Crippen molar-refractivity contribution in [2.45, 2.75) is 58.0 Å². The smallest absolute Gasteiger partial charge is 0.412 e. The zero-order valence-electron chi connectivity index (χ0n) is 19.1. The number of nitrogens with one attached hydrogen (secondary N) is 1. The Hall–Kier alpha value is -2.99. The largest absolute Gasteiger partial charge is 0.441 e. The second kappa shape index (κ2) is 10.8. The van der Waals surface area contributed by atoms with Crippen LogP contribution in [0.1, 0.15) is 67.9 Å². The van der Waals surface area contributed by atoms with Crippen LogP contribution in [0.5, 0.6) is 0 Å². The van der Waals surface area contributed by atoms with E-state index in [0.29, 0.717) is 23.9 Å². The molecule has 5 nitrogen and oxygen atoms in total. The molecule has 0 spiro atoms. The van der Waals surface area contributed by atoms with E-state index in [0.717, 1.165) is 53.7 Å². The summed E-state index contributed by atoms with van der Waals surface area (Å²) >= 11 is 1.38. The van der Waals surface area contributed by atoms with Crippen LogP contribution in [0.3, 0.4) is 0 Å². The number of amides is 1. The summed E-state index contributed by atoms with van der Waals surface area (Å²) in [7, 11) is 0. The van der Waals surface area contributed by atoms with Crippen molar-refractivity contribution in [3.63, 3.8) is 0 Å². The fraction of sp³-hybridized carbons (Fsp3) is 0.370. The number of hydrogen-bond acceptors (Lipinski definition) is 5. The summed E-state index contributed by atoms with van der Waals surface area (Å²) in [6.07, 6.45) is 5.43. The van der Waals surface area contributed by atoms with Gasteiger partial charge < -0.3 is 9.53 Å². The highest BCUT2D eigenvalue weighted by molar-refractivity contribution is 7.10. The summed E-state index contributed by atoms with van der Waals surface area (Å²) in [6.45, 7) is 3.75. The third kappa shape index (κ3) is 5.69. The molecule has 0 saturated heterocycles. The first-order valence-electron chi connectivity index (χ1n) is 11.6. The second-order valence-corrected chi connectivity index (χ2v) is 9.57. The van der Waals surface area contributed by atoms with Gasteiger partial charge >= 0.3 is 6.09 Å². The normalized spacial score (nSPS) is 19.0. The van der Waals surface area contributed by atoms with Gasteiger partial charge in [-0.05, 0) is 79.6 Å². The number of anilines is 1. The zero-order chi connectivity index (χ0) is 23.2. The molecule has 3 aromatic rings. The Balaban J connectivity index is 1.42. The van der Waals surface area contributed by atoms with E-state index in [-0.39, 0.29) is 6.10 Å². The highest BCUT2D eigenvalue weighted by Crippen LogP contribution is 2.39. The molecule has 6 heteroatoms. The predicted molar refractivity (Wildman–Crippen MR) is 133 cm³/mol. The van der Waals surface area contributed by atoms with Crippen LogP contribution in [-0.2, 0) is 9.53 Å². The third-order valence-electron chi connectivity index (χ3n) is 6.56. The molecular formula is C27H30N2O3S. The van der Waals surface area contributed by atoms with Gasteiger partial charge in [0.1, 0.15) is 12.4 Å². The van der Waals surface area contributed by atoms with Crippen molar-refractivity contribution in [2.24, 2.45) is 5.92 Å². The Kier molecular flexibility index (Phi) is 7.55. The molecule has 0 bridgehead atoms. The minimum atomic E-state index is -0.486. The average molecular weight is 463 g/mol. The van der Waals surface area contributed by atoms with E-state index in [1.807, 2.05) is 44.2 Å². The maximum absolute atomic E-state index is 12.6. The summed E-state index contributed by atoms with van der Waals surface area (Å²) in [5.74, 6) is 1.10. The molecule has 0 aliphatic heterocycles. The van der Waals surface area contributed by atoms with Crippen LogP contribution in [0.4, 0.5) is 10.5 Å². The quantitative estimate of drug-likeness (QED) is 0.374. The Morgan fingerprint density at radius 2 is 1.82 bits per heavy atom. The zero-order valence-corrected chi connectivity index (χ0v) is 19.9. The summed E-state index contributed by atoms with van der Waals surface area (Å²) in [5, 5.41) is 2.91. The first kappa shape index (κ1) is 23.2. The molecule has 33 heavy (non-hydrogen) atoms. The molecule has 1 N–H and O–H groups in total. The number of nitrogens with zero attached hydrogens (tertiary/aromatic N) is 1. The lowest BCUT2D eigenvalue weighted by atomic mass is 9.77. The molecule has 1 amide bonds. The van der Waals surface area contributed by atoms with Crippen molar-refractivity contribution in [2.75, 3.05) is 5.32 Å². The maximum Gasteiger partial charge on any atom is 0.412 e. The van der Waals surface area contributed by atoms with Crippen LogP contribution in [0, 0.1) is 12.8 Å². The summed E-state index contributed by atoms with van der Waals surface area (Å²) in [6, 6.07) is 18.3. The van der Waals surface area contributed by atoms with Gasteiger partial charge in [0.2, 0.25) is 0 Å². The third-order valence-corrected chi connectivity index (χ3v) is 7.55. The van der Waals surface area contributed by atoms with E-state index in [4.69, 9.17) is 4.74 Å². The molecule has 172 valence electrons. The number of benzene rings is 2. The van der Waals surface area contributed by atoms with Crippen LogP contribution in [0.2, 0.25) is 0 Å². The molecule has 1 heterocycles. The van der Waals surface area contributed by atoms with Gasteiger partial charge in [-0.2, -0.15) is 4.37 Å². The Morgan fingerprint density at radius 1 is 1.12 bits per heavy atom. The number of ether oxygens (including phenoxy) is 1. The predicted octanol–water partition coefficient (Wildman–Crippen LogP) is 7.29. The highest BCUT2D eigenvalue weighted by atomic mass is 32.1. The molecule has 2 aromatic carbocycles. The molecular weight excluding hydrogens is 432 g/mol. The van der Waals surface area contributed by atoms with E-state index in [1.165, 1.54) is 17.1 Å². The summed E-state index contributed by atoms with van der Waals surface area (Å²) < 4.78 is 10.0. The van der Waals surface area contributed by atoms with Crippen LogP contribution < -0.4 is 5.32 Å². The number of aldehydes is 1. The van der Waals surface area contributed by atoms with Gasteiger partial charge in [0, 0.05) is 6.42 Å². The maximum atomic E-state index is 12.6. The molecule has 1 aliphatic carbocycles. The minimum absolute atomic E-state index is 0.345. The number of aryl methyl sites for hydroxylation is 1. The lowest BCUT2D eigenvalue weighted by Gasteiger charge is -2.27. The van der Waals surface area contributed by atoms with Gasteiger partial charge in [-0.3, -0.25) is 5.32 Å². The van der Waals surface area contributed by atoms with E-state index < -0.39 is 6.09 Å². The van der Waals surface area contributed by atoms with Gasteiger partial charge in [-0.25, -0.2) is 4.79 Å². The first-order chi connectivity index (χ1) is 16.0. The fourth-order valence-electron chi connectivity index (χ4n) is 4.57. The Morgan fingerprint density at radius 3 is 2.48 bits per heavy atom. The number of rotatable bonds is 7. The lowest BCUT2D eigenvalue weighted by Crippen LogP contribution is -2.16. The van der Waals surface area contributed by atoms with Gasteiger partial charge in [0.05, 0.1) is 16.3 Å². The summed E-state index contributed by atoms with van der Waals surface area (Å²) in [5.41, 5.74) is 4.80. The number of hydrogen-bond donors (Lipinski definition) is 1. The summed E-state index contributed by atoms with van der Waals surface area (Å²) in [4.78, 5) is 24.3. The van der Waals surface area contributed by atoms with Crippen molar-refractivity contribution >= 4 is 29.6 Å². The number of carbonyl (C=O) groups excluding carboxylic acids is 2. The molecule has 0 radical (unpaired) electrons. The SMILES string of the molecule is Cc1nsc(-c2ccc(C3CCC(CC=O)CC3)cc2)c1NC(=O)O[C@H](C)c1ccccc1. The molecule has 1 aliphatic rings. The average Bonchev–Trinajstić information content (AvgIpc) is 3.20. The van der Waals surface area contributed by atoms with Crippen molar-refractivity contribution in [1.29, 1.82) is 0 Å². The van der Waals surface area contributed by atoms with Gasteiger partial charge in [0.15, 0.2) is 0 Å². The van der Waals surface area contributed by atoms with E-state index >= 15 is 0 Å².